The van der Waals surface area contributed by atoms with Crippen LogP contribution >= 0.6 is 23.2 Å². The minimum absolute atomic E-state index is 0.106. The van der Waals surface area contributed by atoms with Crippen molar-refractivity contribution in [1.82, 2.24) is 15.0 Å². The summed E-state index contributed by atoms with van der Waals surface area (Å²) in [6, 6.07) is 11.1. The molecule has 2 aromatic carbocycles. The molecule has 0 spiro atoms. The molecule has 0 atom stereocenters. The smallest absolute Gasteiger partial charge is 0.295 e. The zero-order valence-electron chi connectivity index (χ0n) is 11.5. The molecule has 0 saturated heterocycles. The molecule has 0 bridgehead atoms. The van der Waals surface area contributed by atoms with Gasteiger partial charge in [-0.2, -0.15) is 4.68 Å². The fraction of sp³-hybridized carbons (Fsp3) is 0. The van der Waals surface area contributed by atoms with Crippen molar-refractivity contribution < 1.29 is 4.92 Å². The molecule has 0 aliphatic rings. The van der Waals surface area contributed by atoms with E-state index in [4.69, 9.17) is 28.9 Å². The number of nitro groups is 1. The van der Waals surface area contributed by atoms with E-state index in [-0.39, 0.29) is 22.9 Å². The molecule has 9 heteroatoms. The second kappa shape index (κ2) is 5.86. The Labute approximate surface area is 140 Å². The lowest BCUT2D eigenvalue weighted by atomic mass is 10.1. The molecule has 23 heavy (non-hydrogen) atoms. The van der Waals surface area contributed by atoms with Gasteiger partial charge >= 0.3 is 0 Å². The van der Waals surface area contributed by atoms with Gasteiger partial charge in [-0.3, -0.25) is 10.1 Å². The van der Waals surface area contributed by atoms with Crippen LogP contribution in [0.25, 0.3) is 16.9 Å². The van der Waals surface area contributed by atoms with Crippen LogP contribution in [0.15, 0.2) is 42.5 Å². The summed E-state index contributed by atoms with van der Waals surface area (Å²) in [4.78, 5) is 10.6. The third-order valence-electron chi connectivity index (χ3n) is 3.21. The van der Waals surface area contributed by atoms with Crippen LogP contribution in [0.4, 0.5) is 11.5 Å². The first-order chi connectivity index (χ1) is 11.0. The van der Waals surface area contributed by atoms with E-state index in [1.807, 2.05) is 0 Å². The number of benzene rings is 2. The summed E-state index contributed by atoms with van der Waals surface area (Å²) >= 11 is 12.3. The maximum absolute atomic E-state index is 11.2. The van der Waals surface area contributed by atoms with Crippen molar-refractivity contribution >= 4 is 34.7 Å². The molecule has 0 radical (unpaired) electrons. The van der Waals surface area contributed by atoms with Crippen molar-refractivity contribution in [3.63, 3.8) is 0 Å². The first kappa shape index (κ1) is 15.3. The molecule has 7 nitrogen and oxygen atoms in total. The van der Waals surface area contributed by atoms with Crippen LogP contribution in [-0.2, 0) is 0 Å². The van der Waals surface area contributed by atoms with Gasteiger partial charge in [0.2, 0.25) is 0 Å². The Morgan fingerprint density at radius 3 is 2.39 bits per heavy atom. The van der Waals surface area contributed by atoms with E-state index in [0.29, 0.717) is 15.6 Å². The average Bonchev–Trinajstić information content (AvgIpc) is 2.89. The van der Waals surface area contributed by atoms with E-state index in [2.05, 4.69) is 10.3 Å². The minimum atomic E-state index is -0.515. The Morgan fingerprint density at radius 2 is 1.74 bits per heavy atom. The van der Waals surface area contributed by atoms with Gasteiger partial charge < -0.3 is 5.73 Å². The third-order valence-corrected chi connectivity index (χ3v) is 3.84. The number of nitro benzene ring substituents is 1. The maximum Gasteiger partial charge on any atom is 0.295 e. The van der Waals surface area contributed by atoms with E-state index in [9.17, 15) is 10.1 Å². The second-order valence-electron chi connectivity index (χ2n) is 4.58. The molecule has 1 heterocycles. The normalized spacial score (nSPS) is 10.7. The van der Waals surface area contributed by atoms with Crippen LogP contribution < -0.4 is 5.73 Å². The van der Waals surface area contributed by atoms with Gasteiger partial charge in [0.25, 0.3) is 5.69 Å². The quantitative estimate of drug-likeness (QED) is 0.573. The van der Waals surface area contributed by atoms with Gasteiger partial charge in [0.15, 0.2) is 5.82 Å². The fourth-order valence-electron chi connectivity index (χ4n) is 2.17. The zero-order chi connectivity index (χ0) is 16.6. The summed E-state index contributed by atoms with van der Waals surface area (Å²) in [5, 5.41) is 19.8. The van der Waals surface area contributed by atoms with Gasteiger partial charge in [-0.25, -0.2) is 0 Å². The number of aromatic nitrogens is 3. The summed E-state index contributed by atoms with van der Waals surface area (Å²) in [6.07, 6.45) is 0. The van der Waals surface area contributed by atoms with Gasteiger partial charge in [0, 0.05) is 11.6 Å². The Morgan fingerprint density at radius 1 is 1.09 bits per heavy atom. The summed E-state index contributed by atoms with van der Waals surface area (Å²) in [5.41, 5.74) is 6.83. The van der Waals surface area contributed by atoms with E-state index in [1.165, 1.54) is 16.8 Å². The zero-order valence-corrected chi connectivity index (χ0v) is 13.0. The molecule has 3 rings (SSSR count). The largest absolute Gasteiger partial charge is 0.382 e. The number of nitrogens with zero attached hydrogens (tertiary/aromatic N) is 4. The Hall–Kier alpha value is -2.64. The first-order valence-electron chi connectivity index (χ1n) is 6.40. The van der Waals surface area contributed by atoms with Gasteiger partial charge in [0.1, 0.15) is 11.4 Å². The van der Waals surface area contributed by atoms with Crippen LogP contribution in [0.3, 0.4) is 0 Å². The Kier molecular flexibility index (Phi) is 3.89. The van der Waals surface area contributed by atoms with Gasteiger partial charge in [-0.15, -0.1) is 5.10 Å². The van der Waals surface area contributed by atoms with E-state index in [1.54, 1.807) is 30.3 Å². The molecule has 1 aromatic heterocycles. The predicted octanol–water partition coefficient (Wildman–Crippen LogP) is 3.73. The number of hydrogen-bond donors (Lipinski definition) is 1. The third kappa shape index (κ3) is 2.60. The molecular formula is C14H9Cl2N5O2. The first-order valence-corrected chi connectivity index (χ1v) is 7.15. The molecule has 0 saturated carbocycles. The van der Waals surface area contributed by atoms with Crippen LogP contribution in [0.2, 0.25) is 10.0 Å². The molecule has 2 N–H and O–H groups in total. The summed E-state index contributed by atoms with van der Waals surface area (Å²) in [5.74, 6) is 0.106. The lowest BCUT2D eigenvalue weighted by molar-refractivity contribution is -0.384. The van der Waals surface area contributed by atoms with Crippen molar-refractivity contribution in [2.24, 2.45) is 0 Å². The van der Waals surface area contributed by atoms with Gasteiger partial charge in [-0.05, 0) is 18.2 Å². The number of anilines is 1. The number of nitrogen functional groups attached to an aromatic ring is 1. The topological polar surface area (TPSA) is 99.9 Å². The summed E-state index contributed by atoms with van der Waals surface area (Å²) in [7, 11) is 0. The van der Waals surface area contributed by atoms with E-state index >= 15 is 0 Å². The maximum atomic E-state index is 11.2. The number of nitrogens with two attached hydrogens (primary N) is 1. The molecule has 116 valence electrons. The second-order valence-corrected chi connectivity index (χ2v) is 5.39. The van der Waals surface area contributed by atoms with Gasteiger partial charge in [-0.1, -0.05) is 46.6 Å². The number of halogens is 2. The number of para-hydroxylation sites is 2. The van der Waals surface area contributed by atoms with Crippen molar-refractivity contribution in [2.75, 3.05) is 5.73 Å². The molecule has 0 fully saturated rings. The monoisotopic (exact) mass is 349 g/mol. The van der Waals surface area contributed by atoms with Crippen LogP contribution in [-0.4, -0.2) is 19.9 Å². The van der Waals surface area contributed by atoms with E-state index in [0.717, 1.165) is 0 Å². The van der Waals surface area contributed by atoms with Crippen molar-refractivity contribution in [1.29, 1.82) is 0 Å². The lowest BCUT2D eigenvalue weighted by Gasteiger charge is -2.06. The van der Waals surface area contributed by atoms with Crippen molar-refractivity contribution in [3.8, 4) is 16.9 Å². The highest BCUT2D eigenvalue weighted by Gasteiger charge is 2.22. The van der Waals surface area contributed by atoms with Crippen LogP contribution in [0.5, 0.6) is 0 Å². The van der Waals surface area contributed by atoms with Crippen LogP contribution in [0, 0.1) is 10.1 Å². The van der Waals surface area contributed by atoms with Crippen molar-refractivity contribution in [2.45, 2.75) is 0 Å². The highest BCUT2D eigenvalue weighted by atomic mass is 35.5. The summed E-state index contributed by atoms with van der Waals surface area (Å²) in [6.45, 7) is 0. The highest BCUT2D eigenvalue weighted by molar-refractivity contribution is 6.39. The van der Waals surface area contributed by atoms with Crippen LogP contribution in [0.1, 0.15) is 0 Å². The summed E-state index contributed by atoms with van der Waals surface area (Å²) < 4.78 is 1.19. The standard InChI is InChI=1S/C14H9Cl2N5O2/c15-8-4-3-5-9(16)12(8)13-14(17)20(19-18-13)10-6-1-2-7-11(10)21(22)23/h1-7H,17H2. The number of hydrogen-bond acceptors (Lipinski definition) is 5. The van der Waals surface area contributed by atoms with Crippen molar-refractivity contribution in [3.05, 3.63) is 62.6 Å². The molecule has 0 aliphatic heterocycles. The average molecular weight is 350 g/mol. The highest BCUT2D eigenvalue weighted by Crippen LogP contribution is 2.37. The predicted molar refractivity (Wildman–Crippen MR) is 87.9 cm³/mol. The van der Waals surface area contributed by atoms with Gasteiger partial charge in [0.05, 0.1) is 15.0 Å². The SMILES string of the molecule is Nc1c(-c2c(Cl)cccc2Cl)nnn1-c1ccccc1[N+](=O)[O-]. The minimum Gasteiger partial charge on any atom is -0.382 e. The lowest BCUT2D eigenvalue weighted by Crippen LogP contribution is -2.05. The molecule has 0 aliphatic carbocycles. The number of rotatable bonds is 3. The molecule has 0 unspecified atom stereocenters. The fourth-order valence-corrected chi connectivity index (χ4v) is 2.74. The Bertz CT molecular complexity index is 890. The molecular weight excluding hydrogens is 341 g/mol. The molecule has 0 amide bonds. The molecule has 3 aromatic rings. The Balaban J connectivity index is 2.20. The van der Waals surface area contributed by atoms with E-state index < -0.39 is 4.92 Å².